The second kappa shape index (κ2) is 10.6. The van der Waals surface area contributed by atoms with E-state index in [1.54, 1.807) is 0 Å². The molecule has 3 aliphatic rings. The number of rotatable bonds is 6. The average molecular weight is 399 g/mol. The lowest BCUT2D eigenvalue weighted by atomic mass is 9.90. The first-order chi connectivity index (χ1) is 14.3. The van der Waals surface area contributed by atoms with E-state index in [9.17, 15) is 4.79 Å². The number of carbonyl (C=O) groups excluding carboxylic acids is 1. The van der Waals surface area contributed by atoms with Crippen LogP contribution in [0.2, 0.25) is 0 Å². The third-order valence-electron chi connectivity index (χ3n) is 7.12. The van der Waals surface area contributed by atoms with Crippen molar-refractivity contribution < 1.29 is 4.79 Å². The predicted octanol–water partition coefficient (Wildman–Crippen LogP) is 2.58. The van der Waals surface area contributed by atoms with Gasteiger partial charge in [0.2, 0.25) is 5.91 Å². The summed E-state index contributed by atoms with van der Waals surface area (Å²) in [6.45, 7) is 9.57. The summed E-state index contributed by atoms with van der Waals surface area (Å²) in [5, 5.41) is 3.48. The zero-order chi connectivity index (χ0) is 19.9. The number of benzene rings is 1. The molecule has 1 N–H and O–H groups in total. The molecule has 0 radical (unpaired) electrons. The summed E-state index contributed by atoms with van der Waals surface area (Å²) >= 11 is 0. The van der Waals surface area contributed by atoms with Gasteiger partial charge in [-0.3, -0.25) is 9.69 Å². The Morgan fingerprint density at radius 2 is 1.72 bits per heavy atom. The highest BCUT2D eigenvalue weighted by Gasteiger charge is 2.28. The Bertz CT molecular complexity index is 623. The van der Waals surface area contributed by atoms with Gasteiger partial charge >= 0.3 is 0 Å². The first-order valence-electron chi connectivity index (χ1n) is 11.8. The van der Waals surface area contributed by atoms with Gasteiger partial charge in [0.15, 0.2) is 0 Å². The molecule has 1 atom stereocenters. The molecule has 0 spiro atoms. The van der Waals surface area contributed by atoms with E-state index in [1.165, 1.54) is 57.4 Å². The molecule has 0 saturated carbocycles. The molecular weight excluding hydrogens is 360 g/mol. The lowest BCUT2D eigenvalue weighted by molar-refractivity contribution is -0.133. The van der Waals surface area contributed by atoms with Crippen molar-refractivity contribution in [2.45, 2.75) is 51.1 Å². The van der Waals surface area contributed by atoms with E-state index >= 15 is 0 Å². The van der Waals surface area contributed by atoms with Crippen molar-refractivity contribution in [2.75, 3.05) is 52.4 Å². The van der Waals surface area contributed by atoms with Crippen molar-refractivity contribution in [1.29, 1.82) is 0 Å². The summed E-state index contributed by atoms with van der Waals surface area (Å²) in [7, 11) is 0. The van der Waals surface area contributed by atoms with Crippen LogP contribution >= 0.6 is 0 Å². The third kappa shape index (κ3) is 6.03. The molecule has 0 aliphatic carbocycles. The van der Waals surface area contributed by atoms with Gasteiger partial charge in [-0.1, -0.05) is 30.3 Å². The number of amides is 1. The topological polar surface area (TPSA) is 38.8 Å². The minimum atomic E-state index is 0.378. The molecule has 3 fully saturated rings. The molecule has 1 aromatic carbocycles. The highest BCUT2D eigenvalue weighted by Crippen LogP contribution is 2.25. The molecule has 0 bridgehead atoms. The van der Waals surface area contributed by atoms with E-state index < -0.39 is 0 Å². The zero-order valence-electron chi connectivity index (χ0n) is 17.9. The van der Waals surface area contributed by atoms with Crippen molar-refractivity contribution in [1.82, 2.24) is 20.0 Å². The summed E-state index contributed by atoms with van der Waals surface area (Å²) in [6.07, 6.45) is 7.01. The molecule has 4 rings (SSSR count). The van der Waals surface area contributed by atoms with Gasteiger partial charge in [-0.15, -0.1) is 0 Å². The van der Waals surface area contributed by atoms with Crippen molar-refractivity contribution in [3.05, 3.63) is 35.9 Å². The van der Waals surface area contributed by atoms with Crippen LogP contribution in [0.5, 0.6) is 0 Å². The van der Waals surface area contributed by atoms with Crippen LogP contribution < -0.4 is 5.32 Å². The Balaban J connectivity index is 1.16. The molecule has 3 saturated heterocycles. The average Bonchev–Trinajstić information content (AvgIpc) is 2.79. The van der Waals surface area contributed by atoms with Crippen LogP contribution in [0.3, 0.4) is 0 Å². The first-order valence-corrected chi connectivity index (χ1v) is 11.8. The van der Waals surface area contributed by atoms with Crippen LogP contribution in [0.4, 0.5) is 0 Å². The SMILES string of the molecule is O=C(CC[C@H]1CCCN(C2CCNCC2)C1)N1CCN(Cc2ccccc2)CC1. The smallest absolute Gasteiger partial charge is 0.222 e. The maximum atomic E-state index is 12.8. The highest BCUT2D eigenvalue weighted by atomic mass is 16.2. The molecule has 1 amide bonds. The van der Waals surface area contributed by atoms with Gasteiger partial charge in [0, 0.05) is 51.7 Å². The molecule has 1 aromatic rings. The minimum Gasteiger partial charge on any atom is -0.340 e. The van der Waals surface area contributed by atoms with E-state index in [0.29, 0.717) is 11.8 Å². The number of carbonyl (C=O) groups is 1. The van der Waals surface area contributed by atoms with Gasteiger partial charge in [-0.2, -0.15) is 0 Å². The maximum Gasteiger partial charge on any atom is 0.222 e. The van der Waals surface area contributed by atoms with E-state index in [4.69, 9.17) is 0 Å². The van der Waals surface area contributed by atoms with Crippen LogP contribution in [0.1, 0.15) is 44.1 Å². The number of nitrogens with one attached hydrogen (secondary N) is 1. The second-order valence-electron chi connectivity index (χ2n) is 9.17. The first kappa shape index (κ1) is 20.8. The normalized spacial score (nSPS) is 25.2. The minimum absolute atomic E-state index is 0.378. The Labute approximate surface area is 176 Å². The van der Waals surface area contributed by atoms with Crippen LogP contribution in [0, 0.1) is 5.92 Å². The molecule has 5 heteroatoms. The largest absolute Gasteiger partial charge is 0.340 e. The number of piperidine rings is 2. The lowest BCUT2D eigenvalue weighted by Crippen LogP contribution is -2.49. The van der Waals surface area contributed by atoms with E-state index in [2.05, 4.69) is 50.3 Å². The standard InChI is InChI=1S/C24H38N4O/c29-24(27-17-15-26(16-18-27)19-21-5-2-1-3-6-21)9-8-22-7-4-14-28(20-22)23-10-12-25-13-11-23/h1-3,5-6,22-23,25H,4,7-20H2/t22-/m1/s1. The number of likely N-dealkylation sites (tertiary alicyclic amines) is 1. The fourth-order valence-electron chi connectivity index (χ4n) is 5.32. The van der Waals surface area contributed by atoms with Crippen molar-refractivity contribution >= 4 is 5.91 Å². The Morgan fingerprint density at radius 3 is 2.48 bits per heavy atom. The van der Waals surface area contributed by atoms with Crippen LogP contribution in [0.25, 0.3) is 0 Å². The van der Waals surface area contributed by atoms with Gasteiger partial charge in [-0.05, 0) is 63.2 Å². The van der Waals surface area contributed by atoms with Gasteiger partial charge in [-0.25, -0.2) is 0 Å². The fourth-order valence-corrected chi connectivity index (χ4v) is 5.32. The Hall–Kier alpha value is -1.43. The number of piperazine rings is 1. The maximum absolute atomic E-state index is 12.8. The Morgan fingerprint density at radius 1 is 0.966 bits per heavy atom. The van der Waals surface area contributed by atoms with Crippen LogP contribution in [-0.4, -0.2) is 79.0 Å². The molecule has 5 nitrogen and oxygen atoms in total. The summed E-state index contributed by atoms with van der Waals surface area (Å²) < 4.78 is 0. The quantitative estimate of drug-likeness (QED) is 0.799. The van der Waals surface area contributed by atoms with Crippen molar-refractivity contribution in [2.24, 2.45) is 5.92 Å². The second-order valence-corrected chi connectivity index (χ2v) is 9.17. The van der Waals surface area contributed by atoms with Gasteiger partial charge < -0.3 is 15.1 Å². The van der Waals surface area contributed by atoms with E-state index in [1.807, 2.05) is 0 Å². The molecule has 0 aromatic heterocycles. The summed E-state index contributed by atoms with van der Waals surface area (Å²) in [6, 6.07) is 11.4. The van der Waals surface area contributed by atoms with E-state index in [-0.39, 0.29) is 0 Å². The summed E-state index contributed by atoms with van der Waals surface area (Å²) in [5.74, 6) is 1.09. The lowest BCUT2D eigenvalue weighted by Gasteiger charge is -2.40. The molecule has 3 heterocycles. The molecule has 0 unspecified atom stereocenters. The monoisotopic (exact) mass is 398 g/mol. The number of hydrogen-bond acceptors (Lipinski definition) is 4. The molecule has 3 aliphatic heterocycles. The fraction of sp³-hybridized carbons (Fsp3) is 0.708. The van der Waals surface area contributed by atoms with Crippen LogP contribution in [-0.2, 0) is 11.3 Å². The van der Waals surface area contributed by atoms with Crippen molar-refractivity contribution in [3.63, 3.8) is 0 Å². The number of nitrogens with zero attached hydrogens (tertiary/aromatic N) is 3. The highest BCUT2D eigenvalue weighted by molar-refractivity contribution is 5.76. The molecular formula is C24H38N4O. The zero-order valence-corrected chi connectivity index (χ0v) is 17.9. The molecule has 160 valence electrons. The van der Waals surface area contributed by atoms with Gasteiger partial charge in [0.25, 0.3) is 0 Å². The summed E-state index contributed by atoms with van der Waals surface area (Å²) in [5.41, 5.74) is 1.36. The van der Waals surface area contributed by atoms with Crippen molar-refractivity contribution in [3.8, 4) is 0 Å². The Kier molecular flexibility index (Phi) is 7.58. The summed E-state index contributed by atoms with van der Waals surface area (Å²) in [4.78, 5) is 20.1. The molecule has 29 heavy (non-hydrogen) atoms. The van der Waals surface area contributed by atoms with Crippen LogP contribution in [0.15, 0.2) is 30.3 Å². The van der Waals surface area contributed by atoms with Gasteiger partial charge in [0.1, 0.15) is 0 Å². The number of hydrogen-bond donors (Lipinski definition) is 1. The van der Waals surface area contributed by atoms with E-state index in [0.717, 1.165) is 51.6 Å². The van der Waals surface area contributed by atoms with Gasteiger partial charge in [0.05, 0.1) is 0 Å². The third-order valence-corrected chi connectivity index (χ3v) is 7.12. The predicted molar refractivity (Wildman–Crippen MR) is 118 cm³/mol.